The van der Waals surface area contributed by atoms with Crippen molar-refractivity contribution in [2.24, 2.45) is 0 Å². The molecule has 3 aromatic rings. The molecule has 0 atom stereocenters. The lowest BCUT2D eigenvalue weighted by Crippen LogP contribution is -2.29. The first-order valence-electron chi connectivity index (χ1n) is 9.07. The van der Waals surface area contributed by atoms with E-state index in [0.717, 1.165) is 54.2 Å². The van der Waals surface area contributed by atoms with Gasteiger partial charge in [-0.05, 0) is 37.5 Å². The maximum Gasteiger partial charge on any atom is 0.157 e. The Kier molecular flexibility index (Phi) is 6.05. The molecule has 4 nitrogen and oxygen atoms in total. The second-order valence-corrected chi connectivity index (χ2v) is 7.35. The van der Waals surface area contributed by atoms with Crippen molar-refractivity contribution in [1.29, 1.82) is 0 Å². The van der Waals surface area contributed by atoms with Crippen LogP contribution in [-0.4, -0.2) is 27.7 Å². The Hall–Kier alpha value is -1.78. The Labute approximate surface area is 164 Å². The monoisotopic (exact) mass is 390 g/mol. The summed E-state index contributed by atoms with van der Waals surface area (Å²) < 4.78 is 1.95. The second-order valence-electron chi connectivity index (χ2n) is 6.51. The van der Waals surface area contributed by atoms with Gasteiger partial charge in [-0.1, -0.05) is 43.1 Å². The van der Waals surface area contributed by atoms with E-state index in [1.807, 2.05) is 22.7 Å². The van der Waals surface area contributed by atoms with Gasteiger partial charge in [0, 0.05) is 41.2 Å². The molecule has 0 saturated heterocycles. The number of hydrogen-bond donors (Lipinski definition) is 0. The lowest BCUT2D eigenvalue weighted by atomic mass is 10.1. The third kappa shape index (κ3) is 3.81. The highest BCUT2D eigenvalue weighted by atomic mass is 35.5. The Balaban J connectivity index is 2.10. The van der Waals surface area contributed by atoms with Gasteiger partial charge >= 0.3 is 0 Å². The van der Waals surface area contributed by atoms with E-state index in [9.17, 15) is 0 Å². The summed E-state index contributed by atoms with van der Waals surface area (Å²) >= 11 is 12.4. The van der Waals surface area contributed by atoms with Gasteiger partial charge in [0.1, 0.15) is 5.82 Å². The van der Waals surface area contributed by atoms with Crippen LogP contribution < -0.4 is 4.90 Å². The van der Waals surface area contributed by atoms with E-state index in [1.165, 1.54) is 0 Å². The minimum absolute atomic E-state index is 0.646. The third-order valence-electron chi connectivity index (χ3n) is 4.50. The van der Waals surface area contributed by atoms with Crippen molar-refractivity contribution in [1.82, 2.24) is 14.6 Å². The van der Waals surface area contributed by atoms with Crippen LogP contribution in [0, 0.1) is 6.92 Å². The normalized spacial score (nSPS) is 11.3. The number of benzene rings is 1. The highest BCUT2D eigenvalue weighted by Gasteiger charge is 2.18. The first kappa shape index (κ1) is 19.0. The van der Waals surface area contributed by atoms with Gasteiger partial charge in [0.25, 0.3) is 0 Å². The fourth-order valence-electron chi connectivity index (χ4n) is 3.31. The van der Waals surface area contributed by atoms with E-state index < -0.39 is 0 Å². The van der Waals surface area contributed by atoms with Crippen molar-refractivity contribution in [2.75, 3.05) is 18.0 Å². The molecule has 6 heteroatoms. The molecule has 26 heavy (non-hydrogen) atoms. The SMILES string of the molecule is CCCN(CCC)c1c(C)c(Cc2ccc(Cl)cc2Cl)nc2ccnn12. The maximum absolute atomic E-state index is 6.39. The molecule has 2 heterocycles. The summed E-state index contributed by atoms with van der Waals surface area (Å²) in [5.74, 6) is 1.13. The predicted molar refractivity (Wildman–Crippen MR) is 110 cm³/mol. The summed E-state index contributed by atoms with van der Waals surface area (Å²) in [4.78, 5) is 7.25. The van der Waals surface area contributed by atoms with Gasteiger partial charge in [0.05, 0.1) is 11.9 Å². The average molecular weight is 391 g/mol. The molecule has 0 radical (unpaired) electrons. The molecule has 0 spiro atoms. The molecule has 0 unspecified atom stereocenters. The molecule has 0 bridgehead atoms. The van der Waals surface area contributed by atoms with Crippen LogP contribution in [0.2, 0.25) is 10.0 Å². The predicted octanol–water partition coefficient (Wildman–Crippen LogP) is 5.56. The van der Waals surface area contributed by atoms with Gasteiger partial charge in [-0.2, -0.15) is 9.61 Å². The van der Waals surface area contributed by atoms with Crippen LogP contribution in [-0.2, 0) is 6.42 Å². The average Bonchev–Trinajstić information content (AvgIpc) is 3.06. The summed E-state index contributed by atoms with van der Waals surface area (Å²) in [5, 5.41) is 5.83. The minimum Gasteiger partial charge on any atom is -0.356 e. The van der Waals surface area contributed by atoms with Crippen LogP contribution in [0.25, 0.3) is 5.65 Å². The number of fused-ring (bicyclic) bond motifs is 1. The molecular weight excluding hydrogens is 367 g/mol. The molecule has 0 saturated carbocycles. The standard InChI is InChI=1S/C20H24Cl2N4/c1-4-10-25(11-5-2)20-14(3)18(24-19-8-9-23-26(19)20)12-15-6-7-16(21)13-17(15)22/h6-9,13H,4-5,10-12H2,1-3H3. The maximum atomic E-state index is 6.39. The molecule has 0 fully saturated rings. The fraction of sp³-hybridized carbons (Fsp3) is 0.400. The molecule has 0 aliphatic rings. The van der Waals surface area contributed by atoms with Crippen LogP contribution in [0.1, 0.15) is 43.5 Å². The first-order valence-corrected chi connectivity index (χ1v) is 9.82. The molecule has 138 valence electrons. The van der Waals surface area contributed by atoms with E-state index >= 15 is 0 Å². The van der Waals surface area contributed by atoms with Crippen LogP contribution in [0.4, 0.5) is 5.82 Å². The molecule has 0 N–H and O–H groups in total. The quantitative estimate of drug-likeness (QED) is 0.529. The van der Waals surface area contributed by atoms with Crippen molar-refractivity contribution in [3.8, 4) is 0 Å². The molecule has 1 aromatic carbocycles. The van der Waals surface area contributed by atoms with E-state index in [1.54, 1.807) is 12.3 Å². The fourth-order valence-corrected chi connectivity index (χ4v) is 3.78. The minimum atomic E-state index is 0.646. The summed E-state index contributed by atoms with van der Waals surface area (Å²) in [6.07, 6.45) is 4.65. The van der Waals surface area contributed by atoms with E-state index in [2.05, 4.69) is 30.8 Å². The summed E-state index contributed by atoms with van der Waals surface area (Å²) in [5.41, 5.74) is 4.06. The van der Waals surface area contributed by atoms with Gasteiger partial charge in [-0.25, -0.2) is 4.98 Å². The Bertz CT molecular complexity index is 898. The highest BCUT2D eigenvalue weighted by Crippen LogP contribution is 2.28. The van der Waals surface area contributed by atoms with Gasteiger partial charge in [0.2, 0.25) is 0 Å². The first-order chi connectivity index (χ1) is 12.5. The van der Waals surface area contributed by atoms with Crippen LogP contribution in [0.5, 0.6) is 0 Å². The van der Waals surface area contributed by atoms with Crippen LogP contribution in [0.15, 0.2) is 30.5 Å². The number of hydrogen-bond acceptors (Lipinski definition) is 3. The van der Waals surface area contributed by atoms with Crippen molar-refractivity contribution in [3.63, 3.8) is 0 Å². The van der Waals surface area contributed by atoms with Crippen molar-refractivity contribution < 1.29 is 0 Å². The van der Waals surface area contributed by atoms with Crippen LogP contribution >= 0.6 is 23.2 Å². The van der Waals surface area contributed by atoms with Gasteiger partial charge < -0.3 is 4.90 Å². The molecule has 0 aliphatic heterocycles. The number of aromatic nitrogens is 3. The topological polar surface area (TPSA) is 33.4 Å². The van der Waals surface area contributed by atoms with Gasteiger partial charge in [-0.15, -0.1) is 0 Å². The molecule has 0 amide bonds. The van der Waals surface area contributed by atoms with E-state index in [4.69, 9.17) is 28.2 Å². The van der Waals surface area contributed by atoms with E-state index in [0.29, 0.717) is 16.5 Å². The molecule has 2 aromatic heterocycles. The van der Waals surface area contributed by atoms with E-state index in [-0.39, 0.29) is 0 Å². The summed E-state index contributed by atoms with van der Waals surface area (Å²) in [7, 11) is 0. The van der Waals surface area contributed by atoms with Crippen molar-refractivity contribution in [2.45, 2.75) is 40.0 Å². The zero-order valence-electron chi connectivity index (χ0n) is 15.5. The number of anilines is 1. The summed E-state index contributed by atoms with van der Waals surface area (Å²) in [6, 6.07) is 7.58. The van der Waals surface area contributed by atoms with Crippen molar-refractivity contribution in [3.05, 3.63) is 57.3 Å². The smallest absolute Gasteiger partial charge is 0.157 e. The Morgan fingerprint density at radius 2 is 1.81 bits per heavy atom. The molecule has 3 rings (SSSR count). The third-order valence-corrected chi connectivity index (χ3v) is 5.09. The lowest BCUT2D eigenvalue weighted by Gasteiger charge is -2.27. The highest BCUT2D eigenvalue weighted by molar-refractivity contribution is 6.35. The van der Waals surface area contributed by atoms with Crippen LogP contribution in [0.3, 0.4) is 0 Å². The summed E-state index contributed by atoms with van der Waals surface area (Å²) in [6.45, 7) is 8.52. The number of nitrogens with zero attached hydrogens (tertiary/aromatic N) is 4. The largest absolute Gasteiger partial charge is 0.356 e. The van der Waals surface area contributed by atoms with Crippen molar-refractivity contribution >= 4 is 34.7 Å². The Morgan fingerprint density at radius 3 is 2.46 bits per heavy atom. The zero-order chi connectivity index (χ0) is 18.7. The van der Waals surface area contributed by atoms with Gasteiger partial charge in [-0.3, -0.25) is 0 Å². The zero-order valence-corrected chi connectivity index (χ0v) is 17.0. The number of rotatable bonds is 7. The molecule has 0 aliphatic carbocycles. The lowest BCUT2D eigenvalue weighted by molar-refractivity contribution is 0.709. The Morgan fingerprint density at radius 1 is 1.08 bits per heavy atom. The second kappa shape index (κ2) is 8.28. The van der Waals surface area contributed by atoms with Gasteiger partial charge in [0.15, 0.2) is 5.65 Å². The number of halogens is 2. The molecular formula is C20H24Cl2N4.